The predicted molar refractivity (Wildman–Crippen MR) is 68.5 cm³/mol. The van der Waals surface area contributed by atoms with Crippen molar-refractivity contribution in [3.63, 3.8) is 0 Å². The van der Waals surface area contributed by atoms with E-state index < -0.39 is 0 Å². The molecule has 0 saturated heterocycles. The molecule has 1 aromatic heterocycles. The molecule has 3 nitrogen and oxygen atoms in total. The summed E-state index contributed by atoms with van der Waals surface area (Å²) < 4.78 is 2.11. The molecule has 16 heavy (non-hydrogen) atoms. The molecule has 0 fully saturated rings. The molecule has 0 saturated carbocycles. The fourth-order valence-electron chi connectivity index (χ4n) is 1.94. The van der Waals surface area contributed by atoms with Crippen LogP contribution in [-0.2, 0) is 13.5 Å². The van der Waals surface area contributed by atoms with Gasteiger partial charge in [-0.15, -0.1) is 0 Å². The van der Waals surface area contributed by atoms with Gasteiger partial charge < -0.3 is 9.88 Å². The number of aromatic nitrogens is 2. The van der Waals surface area contributed by atoms with Gasteiger partial charge in [-0.2, -0.15) is 0 Å². The summed E-state index contributed by atoms with van der Waals surface area (Å²) in [7, 11) is 2.06. The maximum absolute atomic E-state index is 4.34. The highest BCUT2D eigenvalue weighted by molar-refractivity contribution is 4.91. The minimum absolute atomic E-state index is 0.681. The summed E-state index contributed by atoms with van der Waals surface area (Å²) >= 11 is 0. The van der Waals surface area contributed by atoms with Gasteiger partial charge in [0.15, 0.2) is 0 Å². The molecule has 92 valence electrons. The Kier molecular flexibility index (Phi) is 6.16. The van der Waals surface area contributed by atoms with Gasteiger partial charge >= 0.3 is 0 Å². The quantitative estimate of drug-likeness (QED) is 0.734. The first kappa shape index (κ1) is 13.2. The van der Waals surface area contributed by atoms with Gasteiger partial charge in [0.1, 0.15) is 5.82 Å². The molecule has 1 atom stereocenters. The van der Waals surface area contributed by atoms with Gasteiger partial charge in [0, 0.05) is 31.9 Å². The van der Waals surface area contributed by atoms with E-state index in [2.05, 4.69) is 35.8 Å². The Bertz CT molecular complexity index is 280. The topological polar surface area (TPSA) is 29.9 Å². The lowest BCUT2D eigenvalue weighted by Gasteiger charge is -2.16. The highest BCUT2D eigenvalue weighted by Crippen LogP contribution is 2.06. The first-order valence-electron chi connectivity index (χ1n) is 6.47. The number of rotatable bonds is 8. The zero-order valence-corrected chi connectivity index (χ0v) is 10.9. The number of imidazole rings is 1. The lowest BCUT2D eigenvalue weighted by atomic mass is 10.1. The third-order valence-electron chi connectivity index (χ3n) is 3.05. The summed E-state index contributed by atoms with van der Waals surface area (Å²) in [4.78, 5) is 4.34. The molecule has 0 amide bonds. The van der Waals surface area contributed by atoms with Gasteiger partial charge in [-0.3, -0.25) is 0 Å². The van der Waals surface area contributed by atoms with E-state index in [1.54, 1.807) is 0 Å². The van der Waals surface area contributed by atoms with Gasteiger partial charge in [-0.1, -0.05) is 13.8 Å². The van der Waals surface area contributed by atoms with Crippen molar-refractivity contribution in [2.24, 2.45) is 7.05 Å². The normalized spacial score (nSPS) is 12.9. The summed E-state index contributed by atoms with van der Waals surface area (Å²) in [6.07, 6.45) is 9.90. The second-order valence-corrected chi connectivity index (χ2v) is 4.41. The Hall–Kier alpha value is -0.830. The van der Waals surface area contributed by atoms with Crippen molar-refractivity contribution in [3.8, 4) is 0 Å². The molecule has 1 N–H and O–H groups in total. The van der Waals surface area contributed by atoms with Crippen LogP contribution in [0.3, 0.4) is 0 Å². The summed E-state index contributed by atoms with van der Waals surface area (Å²) in [6.45, 7) is 5.61. The summed E-state index contributed by atoms with van der Waals surface area (Å²) in [5, 5.41) is 3.59. The van der Waals surface area contributed by atoms with E-state index in [-0.39, 0.29) is 0 Å². The highest BCUT2D eigenvalue weighted by atomic mass is 15.0. The maximum atomic E-state index is 4.34. The van der Waals surface area contributed by atoms with Crippen molar-refractivity contribution in [1.82, 2.24) is 14.9 Å². The standard InChI is InChI=1S/C13H25N3/c1-4-9-14-12(5-2)7-6-8-13-15-10-11-16(13)3/h10-12,14H,4-9H2,1-3H3. The van der Waals surface area contributed by atoms with Crippen molar-refractivity contribution in [3.05, 3.63) is 18.2 Å². The van der Waals surface area contributed by atoms with E-state index in [1.807, 2.05) is 12.4 Å². The third kappa shape index (κ3) is 4.35. The minimum atomic E-state index is 0.681. The van der Waals surface area contributed by atoms with Gasteiger partial charge in [0.25, 0.3) is 0 Å². The lowest BCUT2D eigenvalue weighted by molar-refractivity contribution is 0.452. The van der Waals surface area contributed by atoms with Crippen LogP contribution in [0.2, 0.25) is 0 Å². The van der Waals surface area contributed by atoms with Crippen LogP contribution < -0.4 is 5.32 Å². The number of nitrogens with zero attached hydrogens (tertiary/aromatic N) is 2. The zero-order chi connectivity index (χ0) is 11.8. The number of nitrogens with one attached hydrogen (secondary N) is 1. The Balaban J connectivity index is 2.20. The molecule has 1 aromatic rings. The molecule has 1 heterocycles. The average Bonchev–Trinajstić information content (AvgIpc) is 2.69. The summed E-state index contributed by atoms with van der Waals surface area (Å²) in [5.41, 5.74) is 0. The van der Waals surface area contributed by atoms with Crippen LogP contribution >= 0.6 is 0 Å². The second kappa shape index (κ2) is 7.44. The molecule has 0 bridgehead atoms. The smallest absolute Gasteiger partial charge is 0.108 e. The van der Waals surface area contributed by atoms with Crippen molar-refractivity contribution in [2.75, 3.05) is 6.54 Å². The summed E-state index contributed by atoms with van der Waals surface area (Å²) in [6, 6.07) is 0.681. The molecular weight excluding hydrogens is 198 g/mol. The van der Waals surface area contributed by atoms with Crippen molar-refractivity contribution >= 4 is 0 Å². The van der Waals surface area contributed by atoms with Crippen molar-refractivity contribution < 1.29 is 0 Å². The lowest BCUT2D eigenvalue weighted by Crippen LogP contribution is -2.29. The number of aryl methyl sites for hydroxylation is 2. The van der Waals surface area contributed by atoms with Crippen molar-refractivity contribution in [2.45, 2.75) is 52.0 Å². The highest BCUT2D eigenvalue weighted by Gasteiger charge is 2.05. The zero-order valence-electron chi connectivity index (χ0n) is 10.9. The Labute approximate surface area is 99.3 Å². The van der Waals surface area contributed by atoms with E-state index in [1.165, 1.54) is 31.5 Å². The summed E-state index contributed by atoms with van der Waals surface area (Å²) in [5.74, 6) is 1.20. The van der Waals surface area contributed by atoms with Crippen LogP contribution in [0.5, 0.6) is 0 Å². The molecule has 1 unspecified atom stereocenters. The molecular formula is C13H25N3. The average molecular weight is 223 g/mol. The fraction of sp³-hybridized carbons (Fsp3) is 0.769. The first-order chi connectivity index (χ1) is 7.77. The van der Waals surface area contributed by atoms with E-state index in [0.717, 1.165) is 13.0 Å². The molecule has 0 aliphatic heterocycles. The van der Waals surface area contributed by atoms with Gasteiger partial charge in [-0.25, -0.2) is 4.98 Å². The Morgan fingerprint density at radius 3 is 2.81 bits per heavy atom. The Morgan fingerprint density at radius 1 is 1.44 bits per heavy atom. The molecule has 0 spiro atoms. The molecule has 0 aliphatic rings. The SMILES string of the molecule is CCCNC(CC)CCCc1nccn1C. The molecule has 3 heteroatoms. The van der Waals surface area contributed by atoms with Crippen LogP contribution in [0.25, 0.3) is 0 Å². The third-order valence-corrected chi connectivity index (χ3v) is 3.05. The maximum Gasteiger partial charge on any atom is 0.108 e. The van der Waals surface area contributed by atoms with Crippen LogP contribution in [0.15, 0.2) is 12.4 Å². The monoisotopic (exact) mass is 223 g/mol. The number of hydrogen-bond donors (Lipinski definition) is 1. The van der Waals surface area contributed by atoms with E-state index in [4.69, 9.17) is 0 Å². The van der Waals surface area contributed by atoms with Crippen molar-refractivity contribution in [1.29, 1.82) is 0 Å². The van der Waals surface area contributed by atoms with Crippen LogP contribution in [0.4, 0.5) is 0 Å². The van der Waals surface area contributed by atoms with E-state index in [0.29, 0.717) is 6.04 Å². The largest absolute Gasteiger partial charge is 0.338 e. The van der Waals surface area contributed by atoms with Gasteiger partial charge in [0.05, 0.1) is 0 Å². The van der Waals surface area contributed by atoms with Gasteiger partial charge in [-0.05, 0) is 32.2 Å². The van der Waals surface area contributed by atoms with Crippen LogP contribution in [-0.4, -0.2) is 22.1 Å². The van der Waals surface area contributed by atoms with E-state index >= 15 is 0 Å². The first-order valence-corrected chi connectivity index (χ1v) is 6.47. The second-order valence-electron chi connectivity index (χ2n) is 4.41. The van der Waals surface area contributed by atoms with Gasteiger partial charge in [0.2, 0.25) is 0 Å². The molecule has 0 radical (unpaired) electrons. The molecule has 0 aliphatic carbocycles. The predicted octanol–water partition coefficient (Wildman–Crippen LogP) is 2.52. The fourth-order valence-corrected chi connectivity index (χ4v) is 1.94. The van der Waals surface area contributed by atoms with Crippen LogP contribution in [0, 0.1) is 0 Å². The van der Waals surface area contributed by atoms with Crippen LogP contribution in [0.1, 0.15) is 45.4 Å². The number of hydrogen-bond acceptors (Lipinski definition) is 2. The molecule has 0 aromatic carbocycles. The Morgan fingerprint density at radius 2 is 2.25 bits per heavy atom. The molecule has 1 rings (SSSR count). The minimum Gasteiger partial charge on any atom is -0.338 e. The van der Waals surface area contributed by atoms with E-state index in [9.17, 15) is 0 Å².